The lowest BCUT2D eigenvalue weighted by Crippen LogP contribution is -2.71. The Hall–Kier alpha value is -2.61. The lowest BCUT2D eigenvalue weighted by molar-refractivity contribution is -0.933. The highest BCUT2D eigenvalue weighted by Crippen LogP contribution is 2.40. The van der Waals surface area contributed by atoms with E-state index < -0.39 is 23.5 Å². The second-order valence-corrected chi connectivity index (χ2v) is 9.01. The van der Waals surface area contributed by atoms with Crippen molar-refractivity contribution in [2.45, 2.75) is 58.0 Å². The van der Waals surface area contributed by atoms with E-state index in [4.69, 9.17) is 14.2 Å². The van der Waals surface area contributed by atoms with E-state index in [-0.39, 0.29) is 23.0 Å². The number of esters is 2. The van der Waals surface area contributed by atoms with Crippen LogP contribution in [-0.2, 0) is 20.7 Å². The minimum absolute atomic E-state index is 0.183. The quantitative estimate of drug-likeness (QED) is 0.537. The number of benzene rings is 1. The maximum absolute atomic E-state index is 12.6. The molecule has 1 aliphatic rings. The summed E-state index contributed by atoms with van der Waals surface area (Å²) in [6.45, 7) is 5.85. The number of carboxylic acid groups (broad SMARTS) is 1. The third kappa shape index (κ3) is 4.84. The van der Waals surface area contributed by atoms with Gasteiger partial charge in [0.15, 0.2) is 0 Å². The summed E-state index contributed by atoms with van der Waals surface area (Å²) in [6.07, 6.45) is 1.26. The van der Waals surface area contributed by atoms with E-state index in [0.29, 0.717) is 37.0 Å². The zero-order chi connectivity index (χ0) is 23.4. The number of carbonyl (C=O) groups is 3. The summed E-state index contributed by atoms with van der Waals surface area (Å²) < 4.78 is 14.8. The minimum Gasteiger partial charge on any atom is -0.497 e. The predicted octanol–water partition coefficient (Wildman–Crippen LogP) is 3.66. The molecule has 1 aliphatic heterocycles. The van der Waals surface area contributed by atoms with Gasteiger partial charge in [0.05, 0.1) is 32.9 Å². The van der Waals surface area contributed by atoms with Gasteiger partial charge in [-0.15, -0.1) is 0 Å². The smallest absolute Gasteiger partial charge is 0.497 e. The Morgan fingerprint density at radius 3 is 2.29 bits per heavy atom. The van der Waals surface area contributed by atoms with Crippen molar-refractivity contribution in [2.75, 3.05) is 27.9 Å². The summed E-state index contributed by atoms with van der Waals surface area (Å²) in [5.41, 5.74) is 0.559. The van der Waals surface area contributed by atoms with E-state index >= 15 is 0 Å². The van der Waals surface area contributed by atoms with Gasteiger partial charge in [0, 0.05) is 12.8 Å². The third-order valence-corrected chi connectivity index (χ3v) is 6.52. The van der Waals surface area contributed by atoms with Crippen molar-refractivity contribution < 1.29 is 38.2 Å². The van der Waals surface area contributed by atoms with Crippen LogP contribution < -0.4 is 4.74 Å². The molecule has 0 aliphatic carbocycles. The first-order chi connectivity index (χ1) is 14.5. The molecule has 0 bridgehead atoms. The minimum atomic E-state index is -0.950. The van der Waals surface area contributed by atoms with Crippen LogP contribution in [-0.4, -0.2) is 67.1 Å². The van der Waals surface area contributed by atoms with Crippen LogP contribution in [0.1, 0.15) is 56.0 Å². The second kappa shape index (κ2) is 9.68. The Labute approximate surface area is 183 Å². The van der Waals surface area contributed by atoms with Crippen LogP contribution in [0.25, 0.3) is 0 Å². The van der Waals surface area contributed by atoms with E-state index in [1.54, 1.807) is 12.1 Å². The molecule has 8 nitrogen and oxygen atoms in total. The van der Waals surface area contributed by atoms with Crippen LogP contribution in [0.2, 0.25) is 0 Å². The van der Waals surface area contributed by atoms with Crippen molar-refractivity contribution in [2.24, 2.45) is 5.92 Å². The first kappa shape index (κ1) is 24.7. The Morgan fingerprint density at radius 1 is 1.10 bits per heavy atom. The molecule has 1 heterocycles. The first-order valence-corrected chi connectivity index (χ1v) is 10.5. The van der Waals surface area contributed by atoms with Gasteiger partial charge in [0.2, 0.25) is 0 Å². The fourth-order valence-corrected chi connectivity index (χ4v) is 4.79. The lowest BCUT2D eigenvalue weighted by Gasteiger charge is -2.52. The van der Waals surface area contributed by atoms with Crippen molar-refractivity contribution in [1.82, 2.24) is 0 Å². The number of rotatable bonds is 6. The lowest BCUT2D eigenvalue weighted by atomic mass is 9.82. The number of hydrogen-bond donors (Lipinski definition) is 1. The summed E-state index contributed by atoms with van der Waals surface area (Å²) in [5.74, 6) is -0.732. The van der Waals surface area contributed by atoms with Crippen molar-refractivity contribution in [3.8, 4) is 5.75 Å². The molecule has 3 unspecified atom stereocenters. The van der Waals surface area contributed by atoms with E-state index in [9.17, 15) is 19.5 Å². The van der Waals surface area contributed by atoms with Gasteiger partial charge in [0.25, 0.3) is 0 Å². The van der Waals surface area contributed by atoms with Gasteiger partial charge >= 0.3 is 18.0 Å². The molecule has 31 heavy (non-hydrogen) atoms. The van der Waals surface area contributed by atoms with Crippen LogP contribution >= 0.6 is 0 Å². The largest absolute Gasteiger partial charge is 0.514 e. The zero-order valence-electron chi connectivity index (χ0n) is 19.3. The SMILES string of the molecule is COC(=O)c1cc(OC)ccc1CCC1CCC(C(=O)OC)C[N+]1(C(=O)O)C(C)(C)C. The zero-order valence-corrected chi connectivity index (χ0v) is 19.3. The fraction of sp³-hybridized carbons (Fsp3) is 0.609. The van der Waals surface area contributed by atoms with Gasteiger partial charge in [-0.3, -0.25) is 4.79 Å². The van der Waals surface area contributed by atoms with E-state index in [2.05, 4.69) is 0 Å². The van der Waals surface area contributed by atoms with Crippen LogP contribution in [0, 0.1) is 5.92 Å². The van der Waals surface area contributed by atoms with Gasteiger partial charge < -0.3 is 19.3 Å². The number of amides is 1. The van der Waals surface area contributed by atoms with Crippen LogP contribution in [0.15, 0.2) is 18.2 Å². The molecule has 0 radical (unpaired) electrons. The topological polar surface area (TPSA) is 99.1 Å². The number of ether oxygens (including phenoxy) is 3. The van der Waals surface area contributed by atoms with Crippen molar-refractivity contribution >= 4 is 18.0 Å². The fourth-order valence-electron chi connectivity index (χ4n) is 4.79. The summed E-state index contributed by atoms with van der Waals surface area (Å²) in [4.78, 5) is 37.1. The second-order valence-electron chi connectivity index (χ2n) is 9.01. The molecule has 1 fully saturated rings. The maximum Gasteiger partial charge on any atom is 0.514 e. The Morgan fingerprint density at radius 2 is 1.77 bits per heavy atom. The van der Waals surface area contributed by atoms with Crippen molar-refractivity contribution in [3.05, 3.63) is 29.3 Å². The Bertz CT molecular complexity index is 830. The third-order valence-electron chi connectivity index (χ3n) is 6.52. The molecule has 0 saturated carbocycles. The highest BCUT2D eigenvalue weighted by molar-refractivity contribution is 5.91. The van der Waals surface area contributed by atoms with Gasteiger partial charge in [-0.25, -0.2) is 9.28 Å². The molecule has 0 aromatic heterocycles. The van der Waals surface area contributed by atoms with Gasteiger partial charge in [0.1, 0.15) is 23.8 Å². The van der Waals surface area contributed by atoms with Gasteiger partial charge in [-0.2, -0.15) is 4.79 Å². The Balaban J connectivity index is 2.38. The number of nitrogens with zero attached hydrogens (tertiary/aromatic N) is 1. The van der Waals surface area contributed by atoms with Gasteiger partial charge in [-0.1, -0.05) is 6.07 Å². The molecule has 3 atom stereocenters. The Kier molecular flexibility index (Phi) is 7.70. The van der Waals surface area contributed by atoms with E-state index in [1.165, 1.54) is 21.3 Å². The molecule has 1 amide bonds. The normalized spacial score (nSPS) is 23.7. The monoisotopic (exact) mass is 436 g/mol. The summed E-state index contributed by atoms with van der Waals surface area (Å²) in [6, 6.07) is 5.01. The standard InChI is InChI=1S/C23H33NO7/c1-23(2,3)24(22(27)28)14-16(20(25)30-5)8-11-17(24)10-7-15-9-12-18(29-4)13-19(15)21(26)31-6/h9,12-13,16-17H,7-8,10-11,14H2,1-6H3/p+1. The molecule has 1 N–H and O–H groups in total. The van der Waals surface area contributed by atoms with Gasteiger partial charge in [-0.05, 0) is 51.3 Å². The van der Waals surface area contributed by atoms with Crippen LogP contribution in [0.5, 0.6) is 5.75 Å². The number of quaternary nitrogens is 1. The summed E-state index contributed by atoms with van der Waals surface area (Å²) in [5, 5.41) is 10.3. The molecular weight excluding hydrogens is 402 g/mol. The number of hydrogen-bond acceptors (Lipinski definition) is 6. The molecule has 172 valence electrons. The maximum atomic E-state index is 12.6. The highest BCUT2D eigenvalue weighted by Gasteiger charge is 2.57. The summed E-state index contributed by atoms with van der Waals surface area (Å²) >= 11 is 0. The average Bonchev–Trinajstić information content (AvgIpc) is 2.75. The number of aryl methyl sites for hydroxylation is 1. The van der Waals surface area contributed by atoms with E-state index in [0.717, 1.165) is 5.56 Å². The molecule has 8 heteroatoms. The molecular formula is C23H34NO7+. The number of likely N-dealkylation sites (tertiary alicyclic amines) is 1. The van der Waals surface area contributed by atoms with Crippen LogP contribution in [0.4, 0.5) is 4.79 Å². The first-order valence-electron chi connectivity index (χ1n) is 10.5. The average molecular weight is 437 g/mol. The molecule has 1 aromatic rings. The molecule has 1 aromatic carbocycles. The van der Waals surface area contributed by atoms with E-state index in [1.807, 2.05) is 26.8 Å². The number of piperidine rings is 1. The van der Waals surface area contributed by atoms with Crippen molar-refractivity contribution in [1.29, 1.82) is 0 Å². The highest BCUT2D eigenvalue weighted by atomic mass is 16.5. The molecule has 0 spiro atoms. The summed E-state index contributed by atoms with van der Waals surface area (Å²) in [7, 11) is 4.18. The molecule has 1 saturated heterocycles. The molecule has 2 rings (SSSR count). The number of carbonyl (C=O) groups excluding carboxylic acids is 2. The van der Waals surface area contributed by atoms with Crippen LogP contribution in [0.3, 0.4) is 0 Å². The van der Waals surface area contributed by atoms with Crippen molar-refractivity contribution in [3.63, 3.8) is 0 Å². The predicted molar refractivity (Wildman–Crippen MR) is 114 cm³/mol. The number of methoxy groups -OCH3 is 3.